The molecule has 1 aromatic carbocycles. The van der Waals surface area contributed by atoms with Gasteiger partial charge < -0.3 is 20.3 Å². The van der Waals surface area contributed by atoms with Gasteiger partial charge in [0.2, 0.25) is 0 Å². The van der Waals surface area contributed by atoms with Gasteiger partial charge in [-0.05, 0) is 51.3 Å². The van der Waals surface area contributed by atoms with Crippen molar-refractivity contribution in [2.45, 2.75) is 52.3 Å². The highest BCUT2D eigenvalue weighted by Crippen LogP contribution is 2.26. The van der Waals surface area contributed by atoms with E-state index in [2.05, 4.69) is 21.4 Å². The minimum absolute atomic E-state index is 0.112. The van der Waals surface area contributed by atoms with E-state index in [4.69, 9.17) is 15.0 Å². The van der Waals surface area contributed by atoms with Crippen LogP contribution in [0, 0.1) is 6.92 Å². The van der Waals surface area contributed by atoms with Gasteiger partial charge in [-0.2, -0.15) is 0 Å². The molecule has 2 heterocycles. The standard InChI is InChI=1S/C18H26N4O3/c1-11-7-12(8-14-15(11)16(19)21-25-14)9-22-6-5-13(10-22)20-17(23)24-18(2,3)4/h7-8,13H,5-6,9-10H2,1-4H3,(H2,19,21)(H,20,23). The van der Waals surface area contributed by atoms with Crippen LogP contribution >= 0.6 is 0 Å². The van der Waals surface area contributed by atoms with E-state index in [1.54, 1.807) is 0 Å². The first-order valence-corrected chi connectivity index (χ1v) is 8.57. The van der Waals surface area contributed by atoms with Crippen molar-refractivity contribution in [1.82, 2.24) is 15.4 Å². The number of hydrogen-bond donors (Lipinski definition) is 2. The average molecular weight is 346 g/mol. The summed E-state index contributed by atoms with van der Waals surface area (Å²) in [6.45, 7) is 10.1. The summed E-state index contributed by atoms with van der Waals surface area (Å²) in [4.78, 5) is 14.2. The van der Waals surface area contributed by atoms with Crippen LogP contribution in [0.2, 0.25) is 0 Å². The second-order valence-electron chi connectivity index (χ2n) is 7.72. The van der Waals surface area contributed by atoms with E-state index >= 15 is 0 Å². The van der Waals surface area contributed by atoms with Gasteiger partial charge in [-0.1, -0.05) is 11.2 Å². The van der Waals surface area contributed by atoms with Gasteiger partial charge in [0.15, 0.2) is 11.4 Å². The Kier molecular flexibility index (Phi) is 4.60. The molecular formula is C18H26N4O3. The maximum absolute atomic E-state index is 11.9. The molecule has 1 aromatic heterocycles. The van der Waals surface area contributed by atoms with Crippen molar-refractivity contribution in [2.75, 3.05) is 18.8 Å². The number of aromatic nitrogens is 1. The van der Waals surface area contributed by atoms with Gasteiger partial charge >= 0.3 is 6.09 Å². The molecule has 1 aliphatic rings. The molecule has 0 bridgehead atoms. The molecule has 1 amide bonds. The van der Waals surface area contributed by atoms with Crippen LogP contribution in [0.25, 0.3) is 11.0 Å². The number of rotatable bonds is 3. The summed E-state index contributed by atoms with van der Waals surface area (Å²) in [7, 11) is 0. The number of hydrogen-bond acceptors (Lipinski definition) is 6. The summed E-state index contributed by atoms with van der Waals surface area (Å²) >= 11 is 0. The van der Waals surface area contributed by atoms with Crippen molar-refractivity contribution in [3.05, 3.63) is 23.3 Å². The van der Waals surface area contributed by atoms with Gasteiger partial charge in [-0.3, -0.25) is 4.90 Å². The van der Waals surface area contributed by atoms with Crippen LogP contribution in [0.4, 0.5) is 10.6 Å². The van der Waals surface area contributed by atoms with E-state index in [-0.39, 0.29) is 12.1 Å². The van der Waals surface area contributed by atoms with Gasteiger partial charge in [-0.25, -0.2) is 4.79 Å². The van der Waals surface area contributed by atoms with E-state index < -0.39 is 5.60 Å². The maximum atomic E-state index is 11.9. The van der Waals surface area contributed by atoms with Gasteiger partial charge in [0, 0.05) is 25.7 Å². The fourth-order valence-corrected chi connectivity index (χ4v) is 3.29. The van der Waals surface area contributed by atoms with Crippen molar-refractivity contribution in [1.29, 1.82) is 0 Å². The number of benzene rings is 1. The molecule has 1 aliphatic heterocycles. The summed E-state index contributed by atoms with van der Waals surface area (Å²) in [5.41, 5.74) is 8.29. The first kappa shape index (κ1) is 17.5. The molecule has 0 aliphatic carbocycles. The Morgan fingerprint density at radius 2 is 2.24 bits per heavy atom. The topological polar surface area (TPSA) is 93.6 Å². The molecule has 25 heavy (non-hydrogen) atoms. The third kappa shape index (κ3) is 4.22. The monoisotopic (exact) mass is 346 g/mol. The van der Waals surface area contributed by atoms with Crippen molar-refractivity contribution in [3.63, 3.8) is 0 Å². The summed E-state index contributed by atoms with van der Waals surface area (Å²) in [5, 5.41) is 7.66. The molecule has 1 fully saturated rings. The highest BCUT2D eigenvalue weighted by Gasteiger charge is 2.26. The van der Waals surface area contributed by atoms with Crippen LogP contribution in [0.3, 0.4) is 0 Å². The molecule has 7 nitrogen and oxygen atoms in total. The number of nitrogens with one attached hydrogen (secondary N) is 1. The average Bonchev–Trinajstić information content (AvgIpc) is 3.04. The SMILES string of the molecule is Cc1cc(CN2CCC(NC(=O)OC(C)(C)C)C2)cc2onc(N)c12. The van der Waals surface area contributed by atoms with Crippen LogP contribution < -0.4 is 11.1 Å². The fraction of sp³-hybridized carbons (Fsp3) is 0.556. The number of likely N-dealkylation sites (tertiary alicyclic amines) is 1. The second-order valence-corrected chi connectivity index (χ2v) is 7.72. The van der Waals surface area contributed by atoms with Gasteiger partial charge in [0.05, 0.1) is 5.39 Å². The first-order chi connectivity index (χ1) is 11.7. The molecule has 2 aromatic rings. The number of aryl methyl sites for hydroxylation is 1. The van der Waals surface area contributed by atoms with E-state index in [0.717, 1.165) is 48.2 Å². The number of carbonyl (C=O) groups excluding carboxylic acids is 1. The molecule has 1 unspecified atom stereocenters. The van der Waals surface area contributed by atoms with E-state index in [0.29, 0.717) is 5.82 Å². The lowest BCUT2D eigenvalue weighted by atomic mass is 10.1. The number of carbonyl (C=O) groups is 1. The molecule has 3 N–H and O–H groups in total. The zero-order chi connectivity index (χ0) is 18.2. The smallest absolute Gasteiger partial charge is 0.407 e. The number of ether oxygens (including phenoxy) is 1. The van der Waals surface area contributed by atoms with E-state index in [1.165, 1.54) is 0 Å². The Morgan fingerprint density at radius 3 is 2.96 bits per heavy atom. The number of amides is 1. The van der Waals surface area contributed by atoms with Crippen LogP contribution in [0.15, 0.2) is 16.7 Å². The number of nitrogens with zero attached hydrogens (tertiary/aromatic N) is 2. The Morgan fingerprint density at radius 1 is 1.48 bits per heavy atom. The Balaban J connectivity index is 1.59. The number of anilines is 1. The molecule has 3 rings (SSSR count). The van der Waals surface area contributed by atoms with Crippen LogP contribution in [0.5, 0.6) is 0 Å². The largest absolute Gasteiger partial charge is 0.444 e. The third-order valence-corrected chi connectivity index (χ3v) is 4.26. The van der Waals surface area contributed by atoms with Crippen molar-refractivity contribution in [3.8, 4) is 0 Å². The number of alkyl carbamates (subject to hydrolysis) is 1. The van der Waals surface area contributed by atoms with E-state index in [9.17, 15) is 4.79 Å². The lowest BCUT2D eigenvalue weighted by molar-refractivity contribution is 0.0506. The van der Waals surface area contributed by atoms with Crippen LogP contribution in [0.1, 0.15) is 38.3 Å². The van der Waals surface area contributed by atoms with Crippen LogP contribution in [-0.4, -0.2) is 40.9 Å². The molecule has 0 saturated carbocycles. The van der Waals surface area contributed by atoms with E-state index in [1.807, 2.05) is 33.8 Å². The van der Waals surface area contributed by atoms with Gasteiger partial charge in [-0.15, -0.1) is 0 Å². The third-order valence-electron chi connectivity index (χ3n) is 4.26. The second kappa shape index (κ2) is 6.55. The Bertz CT molecular complexity index is 778. The lowest BCUT2D eigenvalue weighted by Crippen LogP contribution is -2.40. The lowest BCUT2D eigenvalue weighted by Gasteiger charge is -2.22. The minimum atomic E-state index is -0.478. The molecule has 1 saturated heterocycles. The molecule has 7 heteroatoms. The number of nitrogen functional groups attached to an aromatic ring is 1. The Labute approximate surface area is 147 Å². The Hall–Kier alpha value is -2.28. The normalized spacial score (nSPS) is 18.6. The predicted octanol–water partition coefficient (Wildman–Crippen LogP) is 2.82. The van der Waals surface area contributed by atoms with Gasteiger partial charge in [0.25, 0.3) is 0 Å². The summed E-state index contributed by atoms with van der Waals surface area (Å²) in [6.07, 6.45) is 0.559. The van der Waals surface area contributed by atoms with Crippen LogP contribution in [-0.2, 0) is 11.3 Å². The molecular weight excluding hydrogens is 320 g/mol. The highest BCUT2D eigenvalue weighted by atomic mass is 16.6. The van der Waals surface area contributed by atoms with Gasteiger partial charge in [0.1, 0.15) is 5.60 Å². The minimum Gasteiger partial charge on any atom is -0.444 e. The first-order valence-electron chi connectivity index (χ1n) is 8.57. The van der Waals surface area contributed by atoms with Crippen molar-refractivity contribution in [2.24, 2.45) is 0 Å². The predicted molar refractivity (Wildman–Crippen MR) is 96.2 cm³/mol. The maximum Gasteiger partial charge on any atom is 0.407 e. The zero-order valence-corrected chi connectivity index (χ0v) is 15.3. The molecule has 1 atom stereocenters. The summed E-state index contributed by atoms with van der Waals surface area (Å²) in [5.74, 6) is 0.432. The molecule has 0 radical (unpaired) electrons. The summed E-state index contributed by atoms with van der Waals surface area (Å²) < 4.78 is 10.6. The van der Waals surface area contributed by atoms with Crippen molar-refractivity contribution >= 4 is 22.9 Å². The zero-order valence-electron chi connectivity index (χ0n) is 15.3. The van der Waals surface area contributed by atoms with Crippen molar-refractivity contribution < 1.29 is 14.1 Å². The number of fused-ring (bicyclic) bond motifs is 1. The number of nitrogens with two attached hydrogens (primary N) is 1. The quantitative estimate of drug-likeness (QED) is 0.887. The molecule has 0 spiro atoms. The molecule has 136 valence electrons. The fourth-order valence-electron chi connectivity index (χ4n) is 3.29. The summed E-state index contributed by atoms with van der Waals surface area (Å²) in [6, 6.07) is 4.21. The highest BCUT2D eigenvalue weighted by molar-refractivity contribution is 5.90.